The highest BCUT2D eigenvalue weighted by Crippen LogP contribution is 2.60. The van der Waals surface area contributed by atoms with E-state index in [1.807, 2.05) is 11.8 Å². The number of halogens is 1. The fourth-order valence-electron chi connectivity index (χ4n) is 6.14. The quantitative estimate of drug-likeness (QED) is 0.0434. The first-order chi connectivity index (χ1) is 25.4. The summed E-state index contributed by atoms with van der Waals surface area (Å²) in [7, 11) is -10.3. The average Bonchev–Trinajstić information content (AvgIpc) is 3.67. The van der Waals surface area contributed by atoms with E-state index in [1.165, 1.54) is 101 Å². The van der Waals surface area contributed by atoms with Crippen LogP contribution in [0.25, 0.3) is 11.2 Å². The van der Waals surface area contributed by atoms with E-state index in [4.69, 9.17) is 24.3 Å². The highest BCUT2D eigenvalue weighted by molar-refractivity contribution is 7.99. The van der Waals surface area contributed by atoms with Crippen molar-refractivity contribution in [1.82, 2.24) is 19.5 Å². The molecule has 0 aliphatic carbocycles. The molecule has 0 bridgehead atoms. The number of phosphoric ester groups is 2. The molecular formula is C34H62FN5O10P2S. The molecule has 1 aliphatic rings. The van der Waals surface area contributed by atoms with Gasteiger partial charge in [0.25, 0.3) is 0 Å². The molecule has 0 spiro atoms. The van der Waals surface area contributed by atoms with Crippen LogP contribution in [0.4, 0.5) is 10.2 Å². The molecule has 19 heteroatoms. The summed E-state index contributed by atoms with van der Waals surface area (Å²) in [6.45, 7) is 5.57. The third-order valence-corrected chi connectivity index (χ3v) is 13.4. The van der Waals surface area contributed by atoms with Gasteiger partial charge in [-0.2, -0.15) is 16.1 Å². The number of unbranched alkanes of at least 4 members (excludes halogenated alkanes) is 12. The minimum Gasteiger partial charge on any atom is -0.385 e. The van der Waals surface area contributed by atoms with Crippen LogP contribution in [0.15, 0.2) is 12.7 Å². The van der Waals surface area contributed by atoms with E-state index in [1.54, 1.807) is 0 Å². The molecular weight excluding hydrogens is 751 g/mol. The van der Waals surface area contributed by atoms with Gasteiger partial charge in [0.15, 0.2) is 23.9 Å². The number of nitrogen functional groups attached to an aromatic ring is 1. The van der Waals surface area contributed by atoms with Gasteiger partial charge >= 0.3 is 15.6 Å². The van der Waals surface area contributed by atoms with Crippen LogP contribution in [0.2, 0.25) is 0 Å². The number of hydrogen-bond donors (Lipinski definition) is 4. The third-order valence-electron chi connectivity index (χ3n) is 9.18. The van der Waals surface area contributed by atoms with Gasteiger partial charge in [-0.15, -0.1) is 0 Å². The topological polar surface area (TPSA) is 211 Å². The maximum absolute atomic E-state index is 14.9. The molecule has 4 unspecified atom stereocenters. The first-order valence-electron chi connectivity index (χ1n) is 19.2. The summed E-state index contributed by atoms with van der Waals surface area (Å²) in [5.41, 5.74) is 6.16. The van der Waals surface area contributed by atoms with Crippen LogP contribution < -0.4 is 5.73 Å². The largest absolute Gasteiger partial charge is 0.481 e. The van der Waals surface area contributed by atoms with Crippen molar-refractivity contribution < 1.29 is 51.2 Å². The summed E-state index contributed by atoms with van der Waals surface area (Å²) >= 11 is 1.96. The summed E-state index contributed by atoms with van der Waals surface area (Å²) < 4.78 is 66.7. The number of aliphatic hydroxyl groups is 1. The molecule has 0 radical (unpaired) electrons. The molecule has 1 fully saturated rings. The van der Waals surface area contributed by atoms with Crippen LogP contribution in [0, 0.1) is 0 Å². The Kier molecular flexibility index (Phi) is 21.3. The van der Waals surface area contributed by atoms with Gasteiger partial charge in [-0.25, -0.2) is 28.5 Å². The number of ether oxygens (including phenoxy) is 2. The van der Waals surface area contributed by atoms with Crippen LogP contribution in [-0.4, -0.2) is 89.7 Å². The monoisotopic (exact) mass is 813 g/mol. The van der Waals surface area contributed by atoms with E-state index in [9.17, 15) is 28.4 Å². The zero-order chi connectivity index (χ0) is 38.7. The zero-order valence-corrected chi connectivity index (χ0v) is 34.1. The number of nitrogens with zero attached hydrogens (tertiary/aromatic N) is 4. The minimum absolute atomic E-state index is 0.0258. The van der Waals surface area contributed by atoms with Crippen molar-refractivity contribution in [3.05, 3.63) is 12.7 Å². The van der Waals surface area contributed by atoms with E-state index in [0.717, 1.165) is 18.6 Å². The molecule has 1 saturated heterocycles. The average molecular weight is 814 g/mol. The molecule has 15 nitrogen and oxygen atoms in total. The van der Waals surface area contributed by atoms with Crippen LogP contribution in [0.5, 0.6) is 0 Å². The molecule has 3 heterocycles. The number of thioether (sulfide) groups is 1. The molecule has 0 saturated carbocycles. The number of nitrogens with two attached hydrogens (primary N) is 1. The van der Waals surface area contributed by atoms with E-state index in [-0.39, 0.29) is 42.7 Å². The van der Waals surface area contributed by atoms with Gasteiger partial charge < -0.3 is 30.1 Å². The molecule has 306 valence electrons. The summed E-state index contributed by atoms with van der Waals surface area (Å²) in [6.07, 6.45) is 14.8. The summed E-state index contributed by atoms with van der Waals surface area (Å²) in [5, 5.41) is 10.8. The van der Waals surface area contributed by atoms with Crippen LogP contribution >= 0.6 is 27.4 Å². The van der Waals surface area contributed by atoms with E-state index < -0.39 is 46.9 Å². The van der Waals surface area contributed by atoms with Gasteiger partial charge in [-0.3, -0.25) is 13.6 Å². The van der Waals surface area contributed by atoms with Gasteiger partial charge in [0.1, 0.15) is 24.1 Å². The molecule has 3 rings (SSSR count). The molecule has 8 atom stereocenters. The second-order valence-corrected chi connectivity index (χ2v) is 18.0. The Morgan fingerprint density at radius 2 is 1.53 bits per heavy atom. The zero-order valence-electron chi connectivity index (χ0n) is 31.5. The molecule has 2 aromatic heterocycles. The van der Waals surface area contributed by atoms with Crippen LogP contribution in [0.3, 0.4) is 0 Å². The first kappa shape index (κ1) is 46.2. The molecule has 0 amide bonds. The van der Waals surface area contributed by atoms with Crippen molar-refractivity contribution in [2.45, 2.75) is 159 Å². The number of phosphoric acid groups is 2. The SMILES string of the molecule is CCCCCCCCCCCCSC(CCCCCC)C(C)OCCCOP(=O)(O)OP(=O)(O)OC[C@H]1O[C@@H](n2cnc3c(N)ncnc32)[C@H](O)[C@@H]1F. The predicted molar refractivity (Wildman–Crippen MR) is 204 cm³/mol. The number of hydrogen-bond acceptors (Lipinski definition) is 13. The van der Waals surface area contributed by atoms with Crippen LogP contribution in [0.1, 0.15) is 130 Å². The maximum Gasteiger partial charge on any atom is 0.481 e. The maximum atomic E-state index is 14.9. The Morgan fingerprint density at radius 1 is 0.906 bits per heavy atom. The standard InChI is InChI=1S/C34H62FN5O10P2S/c1-4-6-8-10-11-12-13-14-15-17-22-53-28(19-16-9-7-5-2)26(3)46-20-18-21-47-51(42,43)50-52(44,45)48-23-27-29(35)31(41)34(49-27)40-25-39-30-32(36)37-24-38-33(30)40/h24-29,31,34,41H,4-23H2,1-3H3,(H,42,43)(H,44,45)(H2,36,37,38)/t26?,27-,28?,29-,31-,34-/m1/s1. The highest BCUT2D eigenvalue weighted by Gasteiger charge is 2.47. The lowest BCUT2D eigenvalue weighted by Gasteiger charge is -2.24. The summed E-state index contributed by atoms with van der Waals surface area (Å²) in [6, 6.07) is 0. The number of aromatic nitrogens is 4. The summed E-state index contributed by atoms with van der Waals surface area (Å²) in [4.78, 5) is 32.1. The second kappa shape index (κ2) is 24.4. The summed E-state index contributed by atoms with van der Waals surface area (Å²) in [5.74, 6) is 1.16. The Labute approximate surface area is 317 Å². The van der Waals surface area contributed by atoms with Gasteiger partial charge in [-0.05, 0) is 31.9 Å². The van der Waals surface area contributed by atoms with Gasteiger partial charge in [0, 0.05) is 11.9 Å². The molecule has 53 heavy (non-hydrogen) atoms. The Balaban J connectivity index is 1.35. The van der Waals surface area contributed by atoms with E-state index >= 15 is 0 Å². The van der Waals surface area contributed by atoms with Crippen molar-refractivity contribution in [1.29, 1.82) is 0 Å². The van der Waals surface area contributed by atoms with Crippen molar-refractivity contribution >= 4 is 44.4 Å². The molecule has 0 aromatic carbocycles. The lowest BCUT2D eigenvalue weighted by atomic mass is 10.1. The van der Waals surface area contributed by atoms with Crippen molar-refractivity contribution in [2.24, 2.45) is 0 Å². The number of aliphatic hydroxyl groups excluding tert-OH is 1. The Hall–Kier alpha value is -1.23. The lowest BCUT2D eigenvalue weighted by Crippen LogP contribution is -2.30. The second-order valence-electron chi connectivity index (χ2n) is 13.6. The van der Waals surface area contributed by atoms with Crippen molar-refractivity contribution in [3.8, 4) is 0 Å². The number of imidazole rings is 1. The lowest BCUT2D eigenvalue weighted by molar-refractivity contribution is -0.0489. The van der Waals surface area contributed by atoms with Crippen molar-refractivity contribution in [2.75, 3.05) is 31.3 Å². The number of anilines is 1. The highest BCUT2D eigenvalue weighted by atomic mass is 32.2. The van der Waals surface area contributed by atoms with E-state index in [2.05, 4.69) is 40.0 Å². The Bertz CT molecular complexity index is 1420. The number of rotatable bonds is 30. The molecule has 2 aromatic rings. The fourth-order valence-corrected chi connectivity index (χ4v) is 9.61. The van der Waals surface area contributed by atoms with Gasteiger partial charge in [-0.1, -0.05) is 97.3 Å². The third kappa shape index (κ3) is 16.4. The Morgan fingerprint density at radius 3 is 2.21 bits per heavy atom. The minimum atomic E-state index is -5.22. The first-order valence-corrected chi connectivity index (χ1v) is 23.2. The van der Waals surface area contributed by atoms with Gasteiger partial charge in [0.2, 0.25) is 0 Å². The molecule has 1 aliphatic heterocycles. The van der Waals surface area contributed by atoms with Crippen molar-refractivity contribution in [3.63, 3.8) is 0 Å². The predicted octanol–water partition coefficient (Wildman–Crippen LogP) is 8.04. The fraction of sp³-hybridized carbons (Fsp3) is 0.853. The van der Waals surface area contributed by atoms with Crippen LogP contribution in [-0.2, 0) is 32.0 Å². The molecule has 5 N–H and O–H groups in total. The number of fused-ring (bicyclic) bond motifs is 1. The van der Waals surface area contributed by atoms with E-state index in [0.29, 0.717) is 5.25 Å². The van der Waals surface area contributed by atoms with Gasteiger partial charge in [0.05, 0.1) is 25.6 Å². The normalized spacial score (nSPS) is 22.5. The number of alkyl halides is 1. The smallest absolute Gasteiger partial charge is 0.385 e.